The largest absolute Gasteiger partial charge is 0.325 e. The van der Waals surface area contributed by atoms with Crippen LogP contribution in [0.15, 0.2) is 39.1 Å². The van der Waals surface area contributed by atoms with Gasteiger partial charge in [-0.15, -0.1) is 11.8 Å². The molecule has 0 aliphatic carbocycles. The van der Waals surface area contributed by atoms with Gasteiger partial charge >= 0.3 is 0 Å². The van der Waals surface area contributed by atoms with Crippen molar-refractivity contribution >= 4 is 38.8 Å². The molecule has 0 saturated heterocycles. The molecule has 10 heteroatoms. The summed E-state index contributed by atoms with van der Waals surface area (Å²) in [7, 11) is -4.00. The van der Waals surface area contributed by atoms with E-state index in [1.165, 1.54) is 22.3 Å². The van der Waals surface area contributed by atoms with E-state index in [0.29, 0.717) is 11.4 Å². The fourth-order valence-corrected chi connectivity index (χ4v) is 5.11. The quantitative estimate of drug-likeness (QED) is 0.535. The number of nitrogens with zero attached hydrogens (tertiary/aromatic N) is 3. The van der Waals surface area contributed by atoms with Crippen molar-refractivity contribution in [1.82, 2.24) is 14.6 Å². The SMILES string of the molecule is CSc1nn2c(CN)cc(C)nc2c1S(=O)(=O)c1ccc(F)c(Cl)c1. The molecule has 0 amide bonds. The number of sulfone groups is 1. The first-order chi connectivity index (χ1) is 11.8. The summed E-state index contributed by atoms with van der Waals surface area (Å²) in [5, 5.41) is 4.34. The summed E-state index contributed by atoms with van der Waals surface area (Å²) in [6.45, 7) is 1.92. The molecular weight excluding hydrogens is 387 g/mol. The second kappa shape index (κ2) is 6.56. The topological polar surface area (TPSA) is 90.3 Å². The van der Waals surface area contributed by atoms with Crippen molar-refractivity contribution in [3.05, 3.63) is 46.5 Å². The first-order valence-corrected chi connectivity index (χ1v) is 10.2. The number of fused-ring (bicyclic) bond motifs is 1. The Labute approximate surface area is 153 Å². The van der Waals surface area contributed by atoms with Crippen LogP contribution in [0.25, 0.3) is 5.65 Å². The number of rotatable bonds is 4. The number of nitrogens with two attached hydrogens (primary N) is 1. The van der Waals surface area contributed by atoms with Gasteiger partial charge in [0.2, 0.25) is 9.84 Å². The number of halogens is 2. The Morgan fingerprint density at radius 3 is 2.68 bits per heavy atom. The molecule has 0 fully saturated rings. The Morgan fingerprint density at radius 2 is 2.08 bits per heavy atom. The molecular formula is C15H14ClFN4O2S2. The normalized spacial score (nSPS) is 12.0. The average Bonchev–Trinajstić information content (AvgIpc) is 2.95. The minimum Gasteiger partial charge on any atom is -0.325 e. The van der Waals surface area contributed by atoms with E-state index in [9.17, 15) is 12.8 Å². The Balaban J connectivity index is 2.37. The van der Waals surface area contributed by atoms with Crippen LogP contribution in [0.2, 0.25) is 5.02 Å². The molecule has 0 bridgehead atoms. The van der Waals surface area contributed by atoms with Crippen molar-refractivity contribution in [2.75, 3.05) is 6.26 Å². The van der Waals surface area contributed by atoms with Gasteiger partial charge in [0, 0.05) is 12.2 Å². The van der Waals surface area contributed by atoms with Crippen molar-refractivity contribution in [3.63, 3.8) is 0 Å². The van der Waals surface area contributed by atoms with Crippen LogP contribution in [0.5, 0.6) is 0 Å². The van der Waals surface area contributed by atoms with Crippen molar-refractivity contribution in [2.24, 2.45) is 5.73 Å². The predicted molar refractivity (Wildman–Crippen MR) is 94.3 cm³/mol. The zero-order chi connectivity index (χ0) is 18.4. The molecule has 3 rings (SSSR count). The third-order valence-electron chi connectivity index (χ3n) is 3.59. The summed E-state index contributed by atoms with van der Waals surface area (Å²) in [5.41, 5.74) is 7.18. The highest BCUT2D eigenvalue weighted by Crippen LogP contribution is 2.33. The van der Waals surface area contributed by atoms with Gasteiger partial charge < -0.3 is 5.73 Å². The minimum absolute atomic E-state index is 0.0407. The van der Waals surface area contributed by atoms with Crippen molar-refractivity contribution in [2.45, 2.75) is 28.3 Å². The molecule has 1 aromatic carbocycles. The van der Waals surface area contributed by atoms with Gasteiger partial charge in [0.15, 0.2) is 10.5 Å². The van der Waals surface area contributed by atoms with E-state index in [1.54, 1.807) is 19.2 Å². The van der Waals surface area contributed by atoms with E-state index in [4.69, 9.17) is 17.3 Å². The van der Waals surface area contributed by atoms with Gasteiger partial charge in [-0.1, -0.05) is 11.6 Å². The first kappa shape index (κ1) is 18.1. The van der Waals surface area contributed by atoms with Crippen molar-refractivity contribution in [3.8, 4) is 0 Å². The van der Waals surface area contributed by atoms with Crippen LogP contribution in [0, 0.1) is 12.7 Å². The number of hydrogen-bond donors (Lipinski definition) is 1. The highest BCUT2D eigenvalue weighted by Gasteiger charge is 2.29. The Bertz CT molecular complexity index is 1080. The zero-order valence-electron chi connectivity index (χ0n) is 13.3. The first-order valence-electron chi connectivity index (χ1n) is 7.13. The number of thioether (sulfide) groups is 1. The molecule has 6 nitrogen and oxygen atoms in total. The van der Waals surface area contributed by atoms with E-state index in [-0.39, 0.29) is 32.0 Å². The summed E-state index contributed by atoms with van der Waals surface area (Å²) in [5.74, 6) is -0.690. The second-order valence-electron chi connectivity index (χ2n) is 5.25. The molecule has 2 aromatic heterocycles. The second-order valence-corrected chi connectivity index (χ2v) is 8.33. The summed E-state index contributed by atoms with van der Waals surface area (Å²) in [4.78, 5) is 4.17. The lowest BCUT2D eigenvalue weighted by Crippen LogP contribution is -2.08. The summed E-state index contributed by atoms with van der Waals surface area (Å²) in [6.07, 6.45) is 1.72. The standard InChI is InChI=1S/C15H14ClFN4O2S2/c1-8-5-9(7-18)21-14(19-8)13(15(20-21)24-2)25(22,23)10-3-4-12(17)11(16)6-10/h3-6H,7,18H2,1-2H3. The van der Waals surface area contributed by atoms with E-state index < -0.39 is 15.7 Å². The van der Waals surface area contributed by atoms with E-state index in [2.05, 4.69) is 10.1 Å². The molecule has 0 radical (unpaired) electrons. The molecule has 132 valence electrons. The van der Waals surface area contributed by atoms with Crippen LogP contribution in [-0.4, -0.2) is 29.3 Å². The van der Waals surface area contributed by atoms with E-state index >= 15 is 0 Å². The molecule has 0 aliphatic heterocycles. The van der Waals surface area contributed by atoms with Gasteiger partial charge in [-0.2, -0.15) is 5.10 Å². The third kappa shape index (κ3) is 3.01. The minimum atomic E-state index is -4.00. The van der Waals surface area contributed by atoms with Crippen LogP contribution < -0.4 is 5.73 Å². The monoisotopic (exact) mass is 400 g/mol. The van der Waals surface area contributed by atoms with Gasteiger partial charge in [-0.25, -0.2) is 22.3 Å². The molecule has 0 aliphatic rings. The van der Waals surface area contributed by atoms with Crippen molar-refractivity contribution < 1.29 is 12.8 Å². The maximum Gasteiger partial charge on any atom is 0.213 e. The van der Waals surface area contributed by atoms with Crippen LogP contribution in [0.1, 0.15) is 11.4 Å². The number of benzene rings is 1. The predicted octanol–water partition coefficient (Wildman–Crippen LogP) is 2.84. The van der Waals surface area contributed by atoms with Crippen LogP contribution in [-0.2, 0) is 16.4 Å². The van der Waals surface area contributed by atoms with Crippen molar-refractivity contribution in [1.29, 1.82) is 0 Å². The van der Waals surface area contributed by atoms with Crippen LogP contribution in [0.3, 0.4) is 0 Å². The Hall–Kier alpha value is -1.68. The smallest absolute Gasteiger partial charge is 0.213 e. The molecule has 2 N–H and O–H groups in total. The van der Waals surface area contributed by atoms with Gasteiger partial charge in [0.1, 0.15) is 10.8 Å². The summed E-state index contributed by atoms with van der Waals surface area (Å²) in [6, 6.07) is 5.02. The van der Waals surface area contributed by atoms with E-state index in [0.717, 1.165) is 12.1 Å². The van der Waals surface area contributed by atoms with Gasteiger partial charge in [0.05, 0.1) is 15.6 Å². The summed E-state index contributed by atoms with van der Waals surface area (Å²) >= 11 is 6.92. The summed E-state index contributed by atoms with van der Waals surface area (Å²) < 4.78 is 41.1. The molecule has 25 heavy (non-hydrogen) atoms. The maximum absolute atomic E-state index is 13.4. The molecule has 0 spiro atoms. The molecule has 0 atom stereocenters. The lowest BCUT2D eigenvalue weighted by Gasteiger charge is -2.07. The number of aryl methyl sites for hydroxylation is 1. The average molecular weight is 401 g/mol. The maximum atomic E-state index is 13.4. The van der Waals surface area contributed by atoms with Gasteiger partial charge in [0.25, 0.3) is 0 Å². The molecule has 0 unspecified atom stereocenters. The Kier molecular flexibility index (Phi) is 4.76. The van der Waals surface area contributed by atoms with Crippen LogP contribution in [0.4, 0.5) is 4.39 Å². The lowest BCUT2D eigenvalue weighted by atomic mass is 10.3. The van der Waals surface area contributed by atoms with Gasteiger partial charge in [-0.05, 0) is 37.4 Å². The van der Waals surface area contributed by atoms with E-state index in [1.807, 2.05) is 0 Å². The third-order valence-corrected chi connectivity index (χ3v) is 6.47. The zero-order valence-corrected chi connectivity index (χ0v) is 15.7. The fourth-order valence-electron chi connectivity index (χ4n) is 2.45. The fraction of sp³-hybridized carbons (Fsp3) is 0.200. The number of aromatic nitrogens is 3. The molecule has 0 saturated carbocycles. The van der Waals surface area contributed by atoms with Gasteiger partial charge in [-0.3, -0.25) is 0 Å². The Morgan fingerprint density at radius 1 is 1.36 bits per heavy atom. The molecule has 3 aromatic rings. The van der Waals surface area contributed by atoms with Crippen LogP contribution >= 0.6 is 23.4 Å². The lowest BCUT2D eigenvalue weighted by molar-refractivity contribution is 0.593. The highest BCUT2D eigenvalue weighted by molar-refractivity contribution is 7.99. The molecule has 2 heterocycles. The number of hydrogen-bond acceptors (Lipinski definition) is 6. The highest BCUT2D eigenvalue weighted by atomic mass is 35.5.